The second-order valence-electron chi connectivity index (χ2n) is 2.66. The molecule has 0 radical (unpaired) electrons. The lowest BCUT2D eigenvalue weighted by Gasteiger charge is -2.33. The molecule has 9 heteroatoms. The van der Waals surface area contributed by atoms with Crippen molar-refractivity contribution in [3.05, 3.63) is 0 Å². The van der Waals surface area contributed by atoms with Crippen LogP contribution in [0.2, 0.25) is 0 Å². The van der Waals surface area contributed by atoms with Gasteiger partial charge < -0.3 is 39.3 Å². The molecule has 8 nitrogen and oxygen atoms in total. The second kappa shape index (κ2) is 4.05. The van der Waals surface area contributed by atoms with Crippen molar-refractivity contribution in [2.75, 3.05) is 6.16 Å². The van der Waals surface area contributed by atoms with Gasteiger partial charge in [0.15, 0.2) is 0 Å². The summed E-state index contributed by atoms with van der Waals surface area (Å²) in [6.45, 7) is 0. The largest absolute Gasteiger partial charge is 0.779 e. The molecule has 0 aliphatic carbocycles. The third-order valence-corrected chi connectivity index (χ3v) is 2.20. The van der Waals surface area contributed by atoms with Gasteiger partial charge in [-0.3, -0.25) is 0 Å². The lowest BCUT2D eigenvalue weighted by molar-refractivity contribution is -0.332. The van der Waals surface area contributed by atoms with E-state index < -0.39 is 37.7 Å². The highest BCUT2D eigenvalue weighted by atomic mass is 31.2. The lowest BCUT2D eigenvalue weighted by Crippen LogP contribution is -2.54. The minimum atomic E-state index is -5.11. The summed E-state index contributed by atoms with van der Waals surface area (Å²) in [4.78, 5) is 38.7. The smallest absolute Gasteiger partial charge is 0.135 e. The zero-order chi connectivity index (χ0) is 11.6. The van der Waals surface area contributed by atoms with Gasteiger partial charge in [0, 0.05) is 18.6 Å². The molecule has 0 heterocycles. The summed E-state index contributed by atoms with van der Waals surface area (Å²) in [5.41, 5.74) is -3.18. The first-order chi connectivity index (χ1) is 6.07. The summed E-state index contributed by atoms with van der Waals surface area (Å²) in [5.74, 6) is -4.29. The quantitative estimate of drug-likeness (QED) is 0.440. The molecule has 0 aliphatic rings. The highest BCUT2D eigenvalue weighted by molar-refractivity contribution is 7.50. The Kier molecular flexibility index (Phi) is 3.78. The van der Waals surface area contributed by atoms with Crippen LogP contribution >= 0.6 is 7.60 Å². The van der Waals surface area contributed by atoms with Crippen LogP contribution in [-0.2, 0) is 14.2 Å². The number of hydrogen-bond donors (Lipinski definition) is 2. The lowest BCUT2D eigenvalue weighted by atomic mass is 10.0. The highest BCUT2D eigenvalue weighted by Gasteiger charge is 2.32. The van der Waals surface area contributed by atoms with Gasteiger partial charge in [-0.1, -0.05) is 0 Å². The summed E-state index contributed by atoms with van der Waals surface area (Å²) in [6.07, 6.45) is -3.13. The van der Waals surface area contributed by atoms with Crippen LogP contribution in [0.1, 0.15) is 6.42 Å². The number of carbonyl (C=O) groups excluding carboxylic acids is 2. The van der Waals surface area contributed by atoms with Crippen molar-refractivity contribution in [1.82, 2.24) is 0 Å². The predicted molar refractivity (Wildman–Crippen MR) is 34.3 cm³/mol. The van der Waals surface area contributed by atoms with Crippen molar-refractivity contribution >= 4 is 19.5 Å². The number of aliphatic hydroxyl groups is 1. The van der Waals surface area contributed by atoms with E-state index >= 15 is 0 Å². The predicted octanol–water partition coefficient (Wildman–Crippen LogP) is -4.85. The summed E-state index contributed by atoms with van der Waals surface area (Å²) in [7, 11) is -5.11. The molecular formula is C5H6O8P-3. The van der Waals surface area contributed by atoms with Gasteiger partial charge in [-0.05, 0) is 0 Å². The van der Waals surface area contributed by atoms with Gasteiger partial charge in [0.25, 0.3) is 0 Å². The van der Waals surface area contributed by atoms with E-state index in [9.17, 15) is 29.3 Å². The van der Waals surface area contributed by atoms with E-state index in [1.807, 2.05) is 0 Å². The Balaban J connectivity index is 4.83. The molecular weight excluding hydrogens is 219 g/mol. The molecule has 0 saturated heterocycles. The van der Waals surface area contributed by atoms with E-state index in [0.717, 1.165) is 0 Å². The molecule has 14 heavy (non-hydrogen) atoms. The van der Waals surface area contributed by atoms with Crippen LogP contribution in [0.5, 0.6) is 0 Å². The molecule has 0 aromatic heterocycles. The first-order valence-corrected chi connectivity index (χ1v) is 4.99. The average molecular weight is 225 g/mol. The van der Waals surface area contributed by atoms with Crippen LogP contribution < -0.4 is 15.1 Å². The molecule has 0 bridgehead atoms. The van der Waals surface area contributed by atoms with Crippen LogP contribution in [0.3, 0.4) is 0 Å². The number of carboxylic acid groups (broad SMARTS) is 2. The van der Waals surface area contributed by atoms with E-state index in [1.54, 1.807) is 0 Å². The van der Waals surface area contributed by atoms with Gasteiger partial charge >= 0.3 is 0 Å². The fraction of sp³-hybridized carbons (Fsp3) is 0.600. The molecule has 0 rings (SSSR count). The van der Waals surface area contributed by atoms with Crippen LogP contribution in [-0.4, -0.2) is 33.7 Å². The molecule has 0 saturated carbocycles. The number of hydrogen-bond acceptors (Lipinski definition) is 7. The number of rotatable bonds is 5. The average Bonchev–Trinajstić information content (AvgIpc) is 1.79. The van der Waals surface area contributed by atoms with E-state index in [0.29, 0.717) is 0 Å². The number of aliphatic carboxylic acids is 2. The molecule has 0 spiro atoms. The Hall–Kier alpha value is -0.950. The molecule has 0 aliphatic heterocycles. The van der Waals surface area contributed by atoms with Crippen LogP contribution in [0, 0.1) is 0 Å². The Morgan fingerprint density at radius 1 is 1.36 bits per heavy atom. The molecule has 0 fully saturated rings. The standard InChI is InChI=1S/C5H9O8P/c6-3(7)1-5(10,4(8)9)2-14(11,12)13/h10H,1-2H2,(H,6,7)(H,8,9)(H2,11,12,13)/p-3/t5-/m0/s1. The van der Waals surface area contributed by atoms with Crippen molar-refractivity contribution in [2.45, 2.75) is 12.0 Å². The van der Waals surface area contributed by atoms with Crippen LogP contribution in [0.4, 0.5) is 0 Å². The molecule has 2 N–H and O–H groups in total. The Bertz CT molecular complexity index is 292. The van der Waals surface area contributed by atoms with Gasteiger partial charge in [-0.2, -0.15) is 0 Å². The van der Waals surface area contributed by atoms with Gasteiger partial charge in [-0.15, -0.1) is 0 Å². The zero-order valence-electron chi connectivity index (χ0n) is 6.71. The van der Waals surface area contributed by atoms with Crippen molar-refractivity contribution < 1.29 is 39.3 Å². The third-order valence-electron chi connectivity index (χ3n) is 1.28. The topological polar surface area (TPSA) is 161 Å². The minimum Gasteiger partial charge on any atom is -0.779 e. The van der Waals surface area contributed by atoms with E-state index in [-0.39, 0.29) is 0 Å². The third kappa shape index (κ3) is 4.33. The highest BCUT2D eigenvalue weighted by Crippen LogP contribution is 2.34. The van der Waals surface area contributed by atoms with E-state index in [2.05, 4.69) is 0 Å². The fourth-order valence-corrected chi connectivity index (χ4v) is 1.66. The maximum Gasteiger partial charge on any atom is 0.135 e. The van der Waals surface area contributed by atoms with Crippen molar-refractivity contribution in [1.29, 1.82) is 0 Å². The number of carbonyl (C=O) groups is 2. The van der Waals surface area contributed by atoms with Gasteiger partial charge in [-0.25, -0.2) is 0 Å². The summed E-state index contributed by atoms with van der Waals surface area (Å²) in [5, 5.41) is 29.2. The Labute approximate surface area is 78.0 Å². The monoisotopic (exact) mass is 225 g/mol. The Morgan fingerprint density at radius 3 is 2.00 bits per heavy atom. The maximum absolute atomic E-state index is 10.3. The zero-order valence-corrected chi connectivity index (χ0v) is 7.60. The summed E-state index contributed by atoms with van der Waals surface area (Å²) in [6, 6.07) is 0. The molecule has 2 atom stereocenters. The first-order valence-electron chi connectivity index (χ1n) is 3.23. The van der Waals surface area contributed by atoms with Crippen LogP contribution in [0.25, 0.3) is 0 Å². The molecule has 0 aromatic rings. The van der Waals surface area contributed by atoms with Gasteiger partial charge in [0.05, 0.1) is 5.97 Å². The van der Waals surface area contributed by atoms with Gasteiger partial charge in [0.1, 0.15) is 13.2 Å². The molecule has 82 valence electrons. The molecule has 0 aromatic carbocycles. The normalized spacial score (nSPS) is 19.4. The summed E-state index contributed by atoms with van der Waals surface area (Å²) < 4.78 is 10.3. The van der Waals surface area contributed by atoms with Crippen molar-refractivity contribution in [3.8, 4) is 0 Å². The maximum atomic E-state index is 10.3. The van der Waals surface area contributed by atoms with Gasteiger partial charge in [0.2, 0.25) is 0 Å². The Morgan fingerprint density at radius 2 is 1.79 bits per heavy atom. The molecule has 1 unspecified atom stereocenters. The number of carboxylic acids is 2. The van der Waals surface area contributed by atoms with Crippen molar-refractivity contribution in [3.63, 3.8) is 0 Å². The second-order valence-corrected chi connectivity index (χ2v) is 4.25. The first kappa shape index (κ1) is 13.1. The van der Waals surface area contributed by atoms with Crippen LogP contribution in [0.15, 0.2) is 0 Å². The summed E-state index contributed by atoms with van der Waals surface area (Å²) >= 11 is 0. The van der Waals surface area contributed by atoms with E-state index in [4.69, 9.17) is 10.00 Å². The van der Waals surface area contributed by atoms with Crippen molar-refractivity contribution in [2.24, 2.45) is 0 Å². The fourth-order valence-electron chi connectivity index (χ4n) is 0.762. The SMILES string of the molecule is O=C([O-])C[C@](O)(CP(=O)([O-])O)C(=O)[O-]. The van der Waals surface area contributed by atoms with E-state index in [1.165, 1.54) is 0 Å². The molecule has 0 amide bonds. The minimum absolute atomic E-state index is 1.48.